The van der Waals surface area contributed by atoms with Crippen LogP contribution < -0.4 is 4.74 Å². The molecule has 1 aromatic rings. The second kappa shape index (κ2) is 6.42. The zero-order valence-electron chi connectivity index (χ0n) is 12.0. The van der Waals surface area contributed by atoms with Crippen molar-refractivity contribution in [2.75, 3.05) is 19.7 Å². The molecular weight excluding hydrogens is 252 g/mol. The predicted octanol–water partition coefficient (Wildman–Crippen LogP) is 2.44. The summed E-state index contributed by atoms with van der Waals surface area (Å²) in [6.45, 7) is 6.00. The number of likely N-dealkylation sites (tertiary alicyclic amines) is 1. The smallest absolute Gasteiger partial charge is 0.260 e. The molecule has 1 saturated heterocycles. The van der Waals surface area contributed by atoms with Gasteiger partial charge in [-0.05, 0) is 36.5 Å². The van der Waals surface area contributed by atoms with Crippen LogP contribution >= 0.6 is 0 Å². The van der Waals surface area contributed by atoms with Gasteiger partial charge in [-0.2, -0.15) is 5.26 Å². The third kappa shape index (κ3) is 3.74. The minimum Gasteiger partial charge on any atom is -0.484 e. The van der Waals surface area contributed by atoms with Crippen LogP contribution in [0.15, 0.2) is 24.3 Å². The molecule has 1 amide bonds. The first-order valence-electron chi connectivity index (χ1n) is 6.99. The molecule has 106 valence electrons. The number of ether oxygens (including phenoxy) is 1. The fraction of sp³-hybridized carbons (Fsp3) is 0.500. The van der Waals surface area contributed by atoms with E-state index < -0.39 is 0 Å². The highest BCUT2D eigenvalue weighted by molar-refractivity contribution is 5.77. The molecule has 2 unspecified atom stereocenters. The number of carbonyl (C=O) groups is 1. The van der Waals surface area contributed by atoms with Crippen LogP contribution in [0.3, 0.4) is 0 Å². The molecule has 2 rings (SSSR count). The molecule has 0 aliphatic carbocycles. The number of piperidine rings is 1. The third-order valence-electron chi connectivity index (χ3n) is 3.55. The number of amides is 1. The number of hydrogen-bond acceptors (Lipinski definition) is 3. The molecule has 0 spiro atoms. The van der Waals surface area contributed by atoms with Crippen molar-refractivity contribution < 1.29 is 9.53 Å². The summed E-state index contributed by atoms with van der Waals surface area (Å²) in [6, 6.07) is 8.93. The summed E-state index contributed by atoms with van der Waals surface area (Å²) in [7, 11) is 0. The Morgan fingerprint density at radius 1 is 1.40 bits per heavy atom. The molecule has 20 heavy (non-hydrogen) atoms. The largest absolute Gasteiger partial charge is 0.484 e. The molecule has 0 N–H and O–H groups in total. The van der Waals surface area contributed by atoms with Gasteiger partial charge in [0.1, 0.15) is 5.75 Å². The zero-order valence-corrected chi connectivity index (χ0v) is 12.0. The van der Waals surface area contributed by atoms with Gasteiger partial charge in [0.05, 0.1) is 11.6 Å². The van der Waals surface area contributed by atoms with Gasteiger partial charge in [0.15, 0.2) is 6.61 Å². The maximum absolute atomic E-state index is 12.2. The minimum atomic E-state index is 0.0192. The summed E-state index contributed by atoms with van der Waals surface area (Å²) < 4.78 is 5.49. The van der Waals surface area contributed by atoms with Gasteiger partial charge in [-0.15, -0.1) is 0 Å². The van der Waals surface area contributed by atoms with E-state index in [2.05, 4.69) is 19.9 Å². The molecule has 1 fully saturated rings. The lowest BCUT2D eigenvalue weighted by Gasteiger charge is -2.34. The fourth-order valence-corrected chi connectivity index (χ4v) is 2.76. The van der Waals surface area contributed by atoms with E-state index in [1.807, 2.05) is 4.90 Å². The SMILES string of the molecule is CC1CC(C)CN(C(=O)COc2cccc(C#N)c2)C1. The van der Waals surface area contributed by atoms with Crippen LogP contribution in [0.2, 0.25) is 0 Å². The maximum Gasteiger partial charge on any atom is 0.260 e. The van der Waals surface area contributed by atoms with Crippen molar-refractivity contribution in [3.05, 3.63) is 29.8 Å². The summed E-state index contributed by atoms with van der Waals surface area (Å²) >= 11 is 0. The molecule has 4 nitrogen and oxygen atoms in total. The van der Waals surface area contributed by atoms with E-state index in [-0.39, 0.29) is 12.5 Å². The second-order valence-corrected chi connectivity index (χ2v) is 5.67. The summed E-state index contributed by atoms with van der Waals surface area (Å²) in [4.78, 5) is 14.0. The monoisotopic (exact) mass is 272 g/mol. The summed E-state index contributed by atoms with van der Waals surface area (Å²) in [5.41, 5.74) is 0.537. The lowest BCUT2D eigenvalue weighted by molar-refractivity contribution is -0.136. The Labute approximate surface area is 120 Å². The minimum absolute atomic E-state index is 0.0192. The number of carbonyl (C=O) groups excluding carboxylic acids is 1. The van der Waals surface area contributed by atoms with Crippen LogP contribution in [0.5, 0.6) is 5.75 Å². The predicted molar refractivity (Wildman–Crippen MR) is 76.2 cm³/mol. The molecule has 4 heteroatoms. The van der Waals surface area contributed by atoms with Gasteiger partial charge in [0.2, 0.25) is 0 Å². The normalized spacial score (nSPS) is 22.1. The Morgan fingerprint density at radius 2 is 2.10 bits per heavy atom. The van der Waals surface area contributed by atoms with E-state index in [0.29, 0.717) is 23.1 Å². The number of hydrogen-bond donors (Lipinski definition) is 0. The molecule has 0 radical (unpaired) electrons. The van der Waals surface area contributed by atoms with Crippen molar-refractivity contribution in [3.8, 4) is 11.8 Å². The van der Waals surface area contributed by atoms with Crippen molar-refractivity contribution in [2.24, 2.45) is 11.8 Å². The Morgan fingerprint density at radius 3 is 2.75 bits per heavy atom. The topological polar surface area (TPSA) is 53.3 Å². The molecule has 0 bridgehead atoms. The van der Waals surface area contributed by atoms with Crippen molar-refractivity contribution in [3.63, 3.8) is 0 Å². The summed E-state index contributed by atoms with van der Waals surface area (Å²) in [5.74, 6) is 1.68. The molecule has 0 saturated carbocycles. The van der Waals surface area contributed by atoms with Crippen molar-refractivity contribution in [1.29, 1.82) is 5.26 Å². The van der Waals surface area contributed by atoms with Crippen LogP contribution in [0, 0.1) is 23.2 Å². The van der Waals surface area contributed by atoms with E-state index in [4.69, 9.17) is 10.00 Å². The highest BCUT2D eigenvalue weighted by Gasteiger charge is 2.25. The van der Waals surface area contributed by atoms with Gasteiger partial charge in [-0.25, -0.2) is 0 Å². The Kier molecular flexibility index (Phi) is 4.62. The average Bonchev–Trinajstić information content (AvgIpc) is 2.44. The van der Waals surface area contributed by atoms with Gasteiger partial charge in [0, 0.05) is 13.1 Å². The van der Waals surface area contributed by atoms with E-state index in [1.54, 1.807) is 24.3 Å². The van der Waals surface area contributed by atoms with E-state index in [0.717, 1.165) is 13.1 Å². The first-order chi connectivity index (χ1) is 9.58. The first kappa shape index (κ1) is 14.4. The molecule has 1 aliphatic heterocycles. The molecule has 1 heterocycles. The standard InChI is InChI=1S/C16H20N2O2/c1-12-6-13(2)10-18(9-12)16(19)11-20-15-5-3-4-14(7-15)8-17/h3-5,7,12-13H,6,9-11H2,1-2H3. The molecule has 1 aromatic carbocycles. The van der Waals surface area contributed by atoms with Gasteiger partial charge in [-0.1, -0.05) is 19.9 Å². The number of rotatable bonds is 3. The lowest BCUT2D eigenvalue weighted by Crippen LogP contribution is -2.44. The third-order valence-corrected chi connectivity index (χ3v) is 3.55. The van der Waals surface area contributed by atoms with E-state index >= 15 is 0 Å². The van der Waals surface area contributed by atoms with E-state index in [9.17, 15) is 4.79 Å². The Balaban J connectivity index is 1.90. The molecule has 1 aliphatic rings. The van der Waals surface area contributed by atoms with Gasteiger partial charge < -0.3 is 9.64 Å². The van der Waals surface area contributed by atoms with Crippen LogP contribution in [-0.2, 0) is 4.79 Å². The highest BCUT2D eigenvalue weighted by atomic mass is 16.5. The Hall–Kier alpha value is -2.02. The number of nitrogens with zero attached hydrogens (tertiary/aromatic N) is 2. The summed E-state index contributed by atoms with van der Waals surface area (Å²) in [6.07, 6.45) is 1.18. The first-order valence-corrected chi connectivity index (χ1v) is 6.99. The average molecular weight is 272 g/mol. The van der Waals surface area contributed by atoms with Crippen LogP contribution in [-0.4, -0.2) is 30.5 Å². The fourth-order valence-electron chi connectivity index (χ4n) is 2.76. The molecule has 2 atom stereocenters. The van der Waals surface area contributed by atoms with Gasteiger partial charge >= 0.3 is 0 Å². The van der Waals surface area contributed by atoms with Crippen LogP contribution in [0.1, 0.15) is 25.8 Å². The maximum atomic E-state index is 12.2. The van der Waals surface area contributed by atoms with E-state index in [1.165, 1.54) is 6.42 Å². The number of benzene rings is 1. The van der Waals surface area contributed by atoms with Gasteiger partial charge in [-0.3, -0.25) is 4.79 Å². The molecule has 0 aromatic heterocycles. The highest BCUT2D eigenvalue weighted by Crippen LogP contribution is 2.21. The van der Waals surface area contributed by atoms with Gasteiger partial charge in [0.25, 0.3) is 5.91 Å². The van der Waals surface area contributed by atoms with Crippen LogP contribution in [0.4, 0.5) is 0 Å². The number of nitriles is 1. The zero-order chi connectivity index (χ0) is 14.5. The van der Waals surface area contributed by atoms with Crippen LogP contribution in [0.25, 0.3) is 0 Å². The van der Waals surface area contributed by atoms with Crippen molar-refractivity contribution in [2.45, 2.75) is 20.3 Å². The lowest BCUT2D eigenvalue weighted by atomic mass is 9.92. The van der Waals surface area contributed by atoms with Crippen molar-refractivity contribution >= 4 is 5.91 Å². The summed E-state index contributed by atoms with van der Waals surface area (Å²) in [5, 5.41) is 8.82. The Bertz CT molecular complexity index is 511. The van der Waals surface area contributed by atoms with Crippen molar-refractivity contribution in [1.82, 2.24) is 4.90 Å². The second-order valence-electron chi connectivity index (χ2n) is 5.67. The quantitative estimate of drug-likeness (QED) is 0.849. The molecular formula is C16H20N2O2.